The molecule has 0 bridgehead atoms. The van der Waals surface area contributed by atoms with Crippen molar-refractivity contribution in [3.8, 4) is 22.5 Å². The van der Waals surface area contributed by atoms with E-state index in [2.05, 4.69) is 25.3 Å². The van der Waals surface area contributed by atoms with Gasteiger partial charge in [-0.05, 0) is 30.3 Å². The minimum atomic E-state index is -0.280. The van der Waals surface area contributed by atoms with Gasteiger partial charge in [0.25, 0.3) is 5.78 Å². The van der Waals surface area contributed by atoms with E-state index in [1.165, 1.54) is 18.5 Å². The lowest BCUT2D eigenvalue weighted by molar-refractivity contribution is 0.628. The summed E-state index contributed by atoms with van der Waals surface area (Å²) in [6.45, 7) is 0. The van der Waals surface area contributed by atoms with E-state index in [0.717, 1.165) is 16.8 Å². The second-order valence-corrected chi connectivity index (χ2v) is 4.49. The van der Waals surface area contributed by atoms with Crippen LogP contribution in [0.25, 0.3) is 28.3 Å². The van der Waals surface area contributed by atoms with Crippen LogP contribution in [0.3, 0.4) is 0 Å². The molecule has 0 aliphatic carbocycles. The lowest BCUT2D eigenvalue weighted by atomic mass is 10.1. The van der Waals surface area contributed by atoms with Crippen molar-refractivity contribution in [2.75, 3.05) is 0 Å². The molecule has 1 aromatic carbocycles. The van der Waals surface area contributed by atoms with E-state index in [0.29, 0.717) is 11.5 Å². The third kappa shape index (κ3) is 1.95. The smallest absolute Gasteiger partial charge is 0.253 e. The summed E-state index contributed by atoms with van der Waals surface area (Å²) in [7, 11) is 0. The van der Waals surface area contributed by atoms with E-state index in [4.69, 9.17) is 0 Å². The molecule has 0 atom stereocenters. The van der Waals surface area contributed by atoms with Crippen molar-refractivity contribution in [2.45, 2.75) is 0 Å². The van der Waals surface area contributed by atoms with Crippen molar-refractivity contribution in [3.05, 3.63) is 54.9 Å². The van der Waals surface area contributed by atoms with Crippen LogP contribution in [0.5, 0.6) is 0 Å². The molecule has 3 aromatic heterocycles. The fourth-order valence-corrected chi connectivity index (χ4v) is 2.18. The van der Waals surface area contributed by atoms with E-state index in [-0.39, 0.29) is 5.82 Å². The average Bonchev–Trinajstić information content (AvgIpc) is 3.18. The Balaban J connectivity index is 1.97. The number of aromatic nitrogens is 6. The fraction of sp³-hybridized carbons (Fsp3) is 0. The Morgan fingerprint density at radius 1 is 1.10 bits per heavy atom. The summed E-state index contributed by atoms with van der Waals surface area (Å²) in [5.41, 5.74) is 3.19. The van der Waals surface area contributed by atoms with Crippen LogP contribution in [-0.4, -0.2) is 29.8 Å². The Kier molecular flexibility index (Phi) is 2.50. The molecule has 4 aromatic rings. The second kappa shape index (κ2) is 4.48. The van der Waals surface area contributed by atoms with Crippen LogP contribution in [-0.2, 0) is 0 Å². The SMILES string of the molecule is Fc1ccc(-c2cc(-c3cn[nH]c3)n3ncnc3n2)cc1. The summed E-state index contributed by atoms with van der Waals surface area (Å²) in [5, 5.41) is 10.9. The largest absolute Gasteiger partial charge is 0.285 e. The second-order valence-electron chi connectivity index (χ2n) is 4.49. The van der Waals surface area contributed by atoms with Crippen LogP contribution < -0.4 is 0 Å². The van der Waals surface area contributed by atoms with Gasteiger partial charge in [0, 0.05) is 17.3 Å². The van der Waals surface area contributed by atoms with Gasteiger partial charge in [-0.1, -0.05) is 0 Å². The van der Waals surface area contributed by atoms with Crippen LogP contribution in [0, 0.1) is 5.82 Å². The highest BCUT2D eigenvalue weighted by Gasteiger charge is 2.11. The highest BCUT2D eigenvalue weighted by atomic mass is 19.1. The zero-order valence-electron chi connectivity index (χ0n) is 10.7. The molecule has 0 fully saturated rings. The maximum atomic E-state index is 13.0. The van der Waals surface area contributed by atoms with E-state index in [1.54, 1.807) is 29.0 Å². The van der Waals surface area contributed by atoms with Crippen molar-refractivity contribution in [1.82, 2.24) is 29.8 Å². The van der Waals surface area contributed by atoms with Crippen molar-refractivity contribution >= 4 is 5.78 Å². The Labute approximate surface area is 118 Å². The Hall–Kier alpha value is -3.09. The van der Waals surface area contributed by atoms with Gasteiger partial charge in [0.2, 0.25) is 0 Å². The normalized spacial score (nSPS) is 11.1. The minimum absolute atomic E-state index is 0.280. The number of H-pyrrole nitrogens is 1. The van der Waals surface area contributed by atoms with Gasteiger partial charge in [-0.3, -0.25) is 5.10 Å². The first-order valence-corrected chi connectivity index (χ1v) is 6.27. The number of hydrogen-bond donors (Lipinski definition) is 1. The molecular weight excluding hydrogens is 271 g/mol. The van der Waals surface area contributed by atoms with E-state index < -0.39 is 0 Å². The molecule has 0 aliphatic rings. The van der Waals surface area contributed by atoms with Gasteiger partial charge in [0.15, 0.2) is 0 Å². The molecule has 0 amide bonds. The Bertz CT molecular complexity index is 895. The van der Waals surface area contributed by atoms with Gasteiger partial charge in [0.05, 0.1) is 17.6 Å². The highest BCUT2D eigenvalue weighted by molar-refractivity contribution is 5.69. The van der Waals surface area contributed by atoms with Crippen molar-refractivity contribution in [3.63, 3.8) is 0 Å². The number of aromatic amines is 1. The summed E-state index contributed by atoms with van der Waals surface area (Å²) < 4.78 is 14.7. The van der Waals surface area contributed by atoms with Crippen LogP contribution >= 0.6 is 0 Å². The molecule has 6 nitrogen and oxygen atoms in total. The van der Waals surface area contributed by atoms with E-state index in [9.17, 15) is 4.39 Å². The molecule has 0 unspecified atom stereocenters. The van der Waals surface area contributed by atoms with E-state index in [1.807, 2.05) is 6.07 Å². The fourth-order valence-electron chi connectivity index (χ4n) is 2.18. The van der Waals surface area contributed by atoms with Crippen molar-refractivity contribution < 1.29 is 4.39 Å². The topological polar surface area (TPSA) is 71.8 Å². The minimum Gasteiger partial charge on any atom is -0.285 e. The quantitative estimate of drug-likeness (QED) is 0.611. The molecule has 0 radical (unpaired) electrons. The first kappa shape index (κ1) is 11.7. The average molecular weight is 280 g/mol. The molecule has 0 saturated carbocycles. The third-order valence-corrected chi connectivity index (χ3v) is 3.19. The maximum absolute atomic E-state index is 13.0. The number of fused-ring (bicyclic) bond motifs is 1. The van der Waals surface area contributed by atoms with Crippen LogP contribution in [0.2, 0.25) is 0 Å². The molecule has 7 heteroatoms. The summed E-state index contributed by atoms with van der Waals surface area (Å²) in [6.07, 6.45) is 4.91. The zero-order valence-corrected chi connectivity index (χ0v) is 10.7. The molecule has 3 heterocycles. The van der Waals surface area contributed by atoms with Crippen molar-refractivity contribution in [2.24, 2.45) is 0 Å². The van der Waals surface area contributed by atoms with Gasteiger partial charge in [-0.25, -0.2) is 9.37 Å². The van der Waals surface area contributed by atoms with Gasteiger partial charge in [-0.2, -0.15) is 19.7 Å². The predicted molar refractivity (Wildman–Crippen MR) is 73.8 cm³/mol. The van der Waals surface area contributed by atoms with Gasteiger partial charge in [0.1, 0.15) is 12.1 Å². The molecule has 1 N–H and O–H groups in total. The molecule has 0 spiro atoms. The van der Waals surface area contributed by atoms with Crippen LogP contribution in [0.1, 0.15) is 0 Å². The molecule has 0 saturated heterocycles. The standard InChI is InChI=1S/C14H9FN6/c15-11-3-1-9(2-4-11)12-5-13(10-6-17-18-7-10)21-14(20-12)16-8-19-21/h1-8H,(H,17,18). The molecule has 21 heavy (non-hydrogen) atoms. The summed E-state index contributed by atoms with van der Waals surface area (Å²) in [6, 6.07) is 8.05. The number of benzene rings is 1. The molecule has 102 valence electrons. The number of nitrogens with one attached hydrogen (secondary N) is 1. The number of rotatable bonds is 2. The Morgan fingerprint density at radius 2 is 1.95 bits per heavy atom. The molecule has 0 aliphatic heterocycles. The summed E-state index contributed by atoms with van der Waals surface area (Å²) in [5.74, 6) is 0.199. The maximum Gasteiger partial charge on any atom is 0.253 e. The Morgan fingerprint density at radius 3 is 2.71 bits per heavy atom. The van der Waals surface area contributed by atoms with E-state index >= 15 is 0 Å². The van der Waals surface area contributed by atoms with Crippen LogP contribution in [0.4, 0.5) is 4.39 Å². The van der Waals surface area contributed by atoms with Gasteiger partial charge < -0.3 is 0 Å². The lowest BCUT2D eigenvalue weighted by Crippen LogP contribution is -1.98. The third-order valence-electron chi connectivity index (χ3n) is 3.19. The van der Waals surface area contributed by atoms with Crippen LogP contribution in [0.15, 0.2) is 49.1 Å². The first-order chi connectivity index (χ1) is 10.3. The summed E-state index contributed by atoms with van der Waals surface area (Å²) in [4.78, 5) is 8.57. The van der Waals surface area contributed by atoms with Gasteiger partial charge >= 0.3 is 0 Å². The lowest BCUT2D eigenvalue weighted by Gasteiger charge is -2.06. The van der Waals surface area contributed by atoms with Crippen molar-refractivity contribution in [1.29, 1.82) is 0 Å². The molecule has 4 rings (SSSR count). The molecular formula is C14H9FN6. The summed E-state index contributed by atoms with van der Waals surface area (Å²) >= 11 is 0. The predicted octanol–water partition coefficient (Wildman–Crippen LogP) is 2.32. The first-order valence-electron chi connectivity index (χ1n) is 6.27. The number of nitrogens with zero attached hydrogens (tertiary/aromatic N) is 5. The number of halogens is 1. The van der Waals surface area contributed by atoms with Gasteiger partial charge in [-0.15, -0.1) is 0 Å². The zero-order chi connectivity index (χ0) is 14.2. The highest BCUT2D eigenvalue weighted by Crippen LogP contribution is 2.24. The monoisotopic (exact) mass is 280 g/mol. The number of hydrogen-bond acceptors (Lipinski definition) is 4.